The Bertz CT molecular complexity index is 1160. The molecular weight excluding hydrogens is 516 g/mol. The van der Waals surface area contributed by atoms with Gasteiger partial charge in [0.25, 0.3) is 0 Å². The Morgan fingerprint density at radius 3 is 2.46 bits per heavy atom. The highest BCUT2D eigenvalue weighted by Gasteiger charge is 2.30. The Morgan fingerprint density at radius 2 is 1.82 bits per heavy atom. The van der Waals surface area contributed by atoms with E-state index in [1.54, 1.807) is 44.7 Å². The minimum Gasteiger partial charge on any atom is -0.466 e. The molecule has 0 atom stereocenters. The summed E-state index contributed by atoms with van der Waals surface area (Å²) in [6.07, 6.45) is -4.16. The molecule has 0 N–H and O–H groups in total. The fourth-order valence-corrected chi connectivity index (χ4v) is 4.43. The summed E-state index contributed by atoms with van der Waals surface area (Å²) >= 11 is 0. The number of carbonyl (C=O) groups excluding carboxylic acids is 2. The number of benzene rings is 2. The van der Waals surface area contributed by atoms with Crippen LogP contribution in [0.25, 0.3) is 0 Å². The van der Waals surface area contributed by atoms with Crippen LogP contribution in [0.2, 0.25) is 0 Å². The number of hydrogen-bond acceptors (Lipinski definition) is 5. The molecule has 0 fully saturated rings. The van der Waals surface area contributed by atoms with Crippen molar-refractivity contribution in [1.29, 1.82) is 0 Å². The number of esters is 1. The molecule has 2 aromatic carbocycles. The first-order chi connectivity index (χ1) is 18.3. The predicted octanol–water partition coefficient (Wildman–Crippen LogP) is 6.97. The van der Waals surface area contributed by atoms with Gasteiger partial charge >= 0.3 is 18.2 Å². The molecular formula is C29H36F4N2O4. The zero-order chi connectivity index (χ0) is 28.8. The summed E-state index contributed by atoms with van der Waals surface area (Å²) in [6, 6.07) is 9.82. The van der Waals surface area contributed by atoms with Gasteiger partial charge in [-0.1, -0.05) is 18.2 Å². The van der Waals surface area contributed by atoms with Crippen molar-refractivity contribution in [1.82, 2.24) is 0 Å². The number of aryl methyl sites for hydroxylation is 2. The molecule has 214 valence electrons. The number of fused-ring (bicyclic) bond motifs is 1. The number of hydrogen-bond donors (Lipinski definition) is 0. The van der Waals surface area contributed by atoms with Crippen molar-refractivity contribution in [2.45, 2.75) is 78.1 Å². The summed E-state index contributed by atoms with van der Waals surface area (Å²) < 4.78 is 64.2. The van der Waals surface area contributed by atoms with Crippen molar-refractivity contribution in [2.75, 3.05) is 29.5 Å². The minimum absolute atomic E-state index is 0.0247. The van der Waals surface area contributed by atoms with E-state index < -0.39 is 36.1 Å². The summed E-state index contributed by atoms with van der Waals surface area (Å²) in [5.41, 5.74) is 2.10. The van der Waals surface area contributed by atoms with E-state index in [-0.39, 0.29) is 38.2 Å². The smallest absolute Gasteiger partial charge is 0.415 e. The van der Waals surface area contributed by atoms with Crippen molar-refractivity contribution in [3.63, 3.8) is 0 Å². The van der Waals surface area contributed by atoms with Gasteiger partial charge in [-0.2, -0.15) is 13.2 Å². The second-order valence-electron chi connectivity index (χ2n) is 10.6. The van der Waals surface area contributed by atoms with Gasteiger partial charge in [0.2, 0.25) is 0 Å². The van der Waals surface area contributed by atoms with Crippen molar-refractivity contribution in [3.8, 4) is 0 Å². The van der Waals surface area contributed by atoms with E-state index in [4.69, 9.17) is 9.47 Å². The summed E-state index contributed by atoms with van der Waals surface area (Å²) in [5.74, 6) is -0.998. The third kappa shape index (κ3) is 9.14. The fourth-order valence-electron chi connectivity index (χ4n) is 4.43. The molecule has 0 unspecified atom stereocenters. The van der Waals surface area contributed by atoms with Gasteiger partial charge in [-0.25, -0.2) is 9.18 Å². The predicted molar refractivity (Wildman–Crippen MR) is 141 cm³/mol. The highest BCUT2D eigenvalue weighted by molar-refractivity contribution is 5.88. The van der Waals surface area contributed by atoms with Gasteiger partial charge in [-0.3, -0.25) is 9.69 Å². The van der Waals surface area contributed by atoms with E-state index in [9.17, 15) is 22.8 Å². The van der Waals surface area contributed by atoms with E-state index in [1.165, 1.54) is 17.0 Å². The van der Waals surface area contributed by atoms with Crippen molar-refractivity contribution in [2.24, 2.45) is 0 Å². The Kier molecular flexibility index (Phi) is 9.85. The standard InChI is InChI=1S/C29H36F4N2O4/c1-5-38-26(36)13-11-21-10-12-23(18-24(21)30)35(27(37)39-28(2,3)4)19-20-8-9-22-7-6-15-34(25(22)17-20)16-14-29(31,32)33/h8-10,12,17-18H,5-7,11,13-16,19H2,1-4H3. The maximum atomic E-state index is 15.0. The van der Waals surface area contributed by atoms with Crippen LogP contribution in [0.15, 0.2) is 36.4 Å². The van der Waals surface area contributed by atoms with Gasteiger partial charge < -0.3 is 14.4 Å². The number of ether oxygens (including phenoxy) is 2. The molecule has 0 bridgehead atoms. The number of halogens is 4. The lowest BCUT2D eigenvalue weighted by Gasteiger charge is -2.33. The van der Waals surface area contributed by atoms with Crippen LogP contribution >= 0.6 is 0 Å². The van der Waals surface area contributed by atoms with Crippen molar-refractivity contribution >= 4 is 23.4 Å². The minimum atomic E-state index is -4.25. The Balaban J connectivity index is 1.87. The first-order valence-corrected chi connectivity index (χ1v) is 13.1. The lowest BCUT2D eigenvalue weighted by molar-refractivity contribution is -0.143. The highest BCUT2D eigenvalue weighted by atomic mass is 19.4. The Labute approximate surface area is 226 Å². The Hall–Kier alpha value is -3.30. The van der Waals surface area contributed by atoms with E-state index in [0.717, 1.165) is 18.4 Å². The van der Waals surface area contributed by atoms with Crippen LogP contribution in [0.3, 0.4) is 0 Å². The molecule has 39 heavy (non-hydrogen) atoms. The van der Waals surface area contributed by atoms with Crippen LogP contribution in [0.1, 0.15) is 63.6 Å². The topological polar surface area (TPSA) is 59.1 Å². The first kappa shape index (κ1) is 30.2. The number of rotatable bonds is 9. The normalized spacial score (nSPS) is 13.6. The molecule has 1 aliphatic rings. The van der Waals surface area contributed by atoms with Crippen molar-refractivity contribution < 1.29 is 36.6 Å². The number of carbonyl (C=O) groups is 2. The van der Waals surface area contributed by atoms with E-state index in [1.807, 2.05) is 12.1 Å². The maximum absolute atomic E-state index is 15.0. The largest absolute Gasteiger partial charge is 0.466 e. The van der Waals surface area contributed by atoms with E-state index in [2.05, 4.69) is 0 Å². The number of amides is 1. The Morgan fingerprint density at radius 1 is 1.08 bits per heavy atom. The summed E-state index contributed by atoms with van der Waals surface area (Å²) in [6.45, 7) is 7.50. The molecule has 1 aliphatic heterocycles. The third-order valence-corrected chi connectivity index (χ3v) is 6.24. The van der Waals surface area contributed by atoms with Gasteiger partial charge in [0.15, 0.2) is 0 Å². The maximum Gasteiger partial charge on any atom is 0.415 e. The lowest BCUT2D eigenvalue weighted by Crippen LogP contribution is -2.37. The molecule has 1 amide bonds. The SMILES string of the molecule is CCOC(=O)CCc1ccc(N(Cc2ccc3c(c2)N(CCC(F)(F)F)CCC3)C(=O)OC(C)(C)C)cc1F. The average Bonchev–Trinajstić information content (AvgIpc) is 2.83. The first-order valence-electron chi connectivity index (χ1n) is 13.1. The zero-order valence-electron chi connectivity index (χ0n) is 22.9. The summed E-state index contributed by atoms with van der Waals surface area (Å²) in [4.78, 5) is 27.9. The fraction of sp³-hybridized carbons (Fsp3) is 0.517. The molecule has 2 aromatic rings. The molecule has 0 aliphatic carbocycles. The molecule has 1 heterocycles. The van der Waals surface area contributed by atoms with Crippen LogP contribution in [0, 0.1) is 5.82 Å². The molecule has 0 aromatic heterocycles. The van der Waals surface area contributed by atoms with Crippen LogP contribution in [0.5, 0.6) is 0 Å². The monoisotopic (exact) mass is 552 g/mol. The molecule has 0 spiro atoms. The van der Waals surface area contributed by atoms with Crippen LogP contribution in [-0.4, -0.2) is 43.5 Å². The number of nitrogens with zero attached hydrogens (tertiary/aromatic N) is 2. The lowest BCUT2D eigenvalue weighted by atomic mass is 9.99. The van der Waals surface area contributed by atoms with Gasteiger partial charge in [-0.05, 0) is 81.8 Å². The van der Waals surface area contributed by atoms with Crippen LogP contribution in [0.4, 0.5) is 33.7 Å². The number of alkyl halides is 3. The van der Waals surface area contributed by atoms with E-state index >= 15 is 4.39 Å². The molecule has 3 rings (SSSR count). The second-order valence-corrected chi connectivity index (χ2v) is 10.6. The van der Waals surface area contributed by atoms with Crippen molar-refractivity contribution in [3.05, 3.63) is 58.9 Å². The number of anilines is 2. The molecule has 10 heteroatoms. The van der Waals surface area contributed by atoms with Crippen LogP contribution in [-0.2, 0) is 33.7 Å². The molecule has 0 radical (unpaired) electrons. The average molecular weight is 553 g/mol. The summed E-state index contributed by atoms with van der Waals surface area (Å²) in [5, 5.41) is 0. The molecule has 0 saturated heterocycles. The van der Waals surface area contributed by atoms with Crippen LogP contribution < -0.4 is 9.80 Å². The van der Waals surface area contributed by atoms with Gasteiger partial charge in [-0.15, -0.1) is 0 Å². The van der Waals surface area contributed by atoms with Gasteiger partial charge in [0.1, 0.15) is 11.4 Å². The molecule has 0 saturated carbocycles. The second kappa shape index (κ2) is 12.7. The molecule has 6 nitrogen and oxygen atoms in total. The zero-order valence-corrected chi connectivity index (χ0v) is 22.9. The quantitative estimate of drug-likeness (QED) is 0.248. The summed E-state index contributed by atoms with van der Waals surface area (Å²) in [7, 11) is 0. The highest BCUT2D eigenvalue weighted by Crippen LogP contribution is 2.32. The van der Waals surface area contributed by atoms with Gasteiger partial charge in [0, 0.05) is 25.2 Å². The van der Waals surface area contributed by atoms with Gasteiger partial charge in [0.05, 0.1) is 25.3 Å². The third-order valence-electron chi connectivity index (χ3n) is 6.24. The van der Waals surface area contributed by atoms with E-state index in [0.29, 0.717) is 23.4 Å².